The van der Waals surface area contributed by atoms with Crippen molar-refractivity contribution in [3.63, 3.8) is 0 Å². The lowest BCUT2D eigenvalue weighted by atomic mass is 10.0. The lowest BCUT2D eigenvalue weighted by molar-refractivity contribution is -0.137. The predicted octanol–water partition coefficient (Wildman–Crippen LogP) is 1.66. The lowest BCUT2D eigenvalue weighted by Gasteiger charge is -2.15. The van der Waals surface area contributed by atoms with Crippen molar-refractivity contribution in [2.45, 2.75) is 18.7 Å². The fourth-order valence-electron chi connectivity index (χ4n) is 2.14. The molecule has 0 aliphatic heterocycles. The average molecular weight is 324 g/mol. The van der Waals surface area contributed by atoms with Gasteiger partial charge in [-0.25, -0.2) is 8.42 Å². The minimum absolute atomic E-state index is 0.0340. The second kappa shape index (κ2) is 5.90. The second-order valence-corrected chi connectivity index (χ2v) is 6.92. The van der Waals surface area contributed by atoms with Crippen LogP contribution in [0.2, 0.25) is 0 Å². The van der Waals surface area contributed by atoms with Crippen LogP contribution in [-0.2, 0) is 14.8 Å². The maximum atomic E-state index is 12.2. The van der Waals surface area contributed by atoms with Gasteiger partial charge in [-0.2, -0.15) is 4.31 Å². The van der Waals surface area contributed by atoms with Crippen LogP contribution in [-0.4, -0.2) is 42.5 Å². The molecule has 8 heteroatoms. The van der Waals surface area contributed by atoms with Gasteiger partial charge in [0.25, 0.3) is 0 Å². The lowest BCUT2D eigenvalue weighted by Crippen LogP contribution is -2.31. The molecule has 0 radical (unpaired) electrons. The van der Waals surface area contributed by atoms with E-state index in [1.54, 1.807) is 26.0 Å². The molecule has 0 amide bonds. The summed E-state index contributed by atoms with van der Waals surface area (Å²) in [7, 11) is -2.60. The molecule has 2 rings (SSSR count). The maximum absolute atomic E-state index is 12.2. The van der Waals surface area contributed by atoms with Crippen LogP contribution in [0, 0.1) is 13.8 Å². The van der Waals surface area contributed by atoms with E-state index < -0.39 is 22.5 Å². The first-order chi connectivity index (χ1) is 10.2. The van der Waals surface area contributed by atoms with Crippen LogP contribution >= 0.6 is 0 Å². The van der Waals surface area contributed by atoms with Gasteiger partial charge >= 0.3 is 5.97 Å². The number of sulfonamides is 1. The van der Waals surface area contributed by atoms with Gasteiger partial charge in [0, 0.05) is 12.6 Å². The zero-order valence-electron chi connectivity index (χ0n) is 12.4. The third-order valence-electron chi connectivity index (χ3n) is 3.24. The zero-order valence-corrected chi connectivity index (χ0v) is 13.2. The minimum Gasteiger partial charge on any atom is -0.480 e. The number of likely N-dealkylation sites (N-methyl/N-ethyl adjacent to an activating group) is 1. The first-order valence-corrected chi connectivity index (χ1v) is 7.89. The van der Waals surface area contributed by atoms with Crippen molar-refractivity contribution < 1.29 is 22.8 Å². The summed E-state index contributed by atoms with van der Waals surface area (Å²) in [5.74, 6) is -0.561. The van der Waals surface area contributed by atoms with Gasteiger partial charge in [-0.15, -0.1) is 0 Å². The van der Waals surface area contributed by atoms with Gasteiger partial charge in [0.1, 0.15) is 12.3 Å². The summed E-state index contributed by atoms with van der Waals surface area (Å²) in [4.78, 5) is 10.7. The number of aryl methyl sites for hydroxylation is 2. The summed E-state index contributed by atoms with van der Waals surface area (Å²) in [5, 5.41) is 12.6. The van der Waals surface area contributed by atoms with E-state index in [1.807, 2.05) is 0 Å². The average Bonchev–Trinajstić information content (AvgIpc) is 2.77. The van der Waals surface area contributed by atoms with E-state index in [0.717, 1.165) is 21.1 Å². The number of aliphatic carboxylic acids is 1. The van der Waals surface area contributed by atoms with Gasteiger partial charge in [0.15, 0.2) is 0 Å². The topological polar surface area (TPSA) is 101 Å². The second-order valence-electron chi connectivity index (χ2n) is 4.88. The molecule has 22 heavy (non-hydrogen) atoms. The Labute approximate surface area is 128 Å². The Bertz CT molecular complexity index is 774. The highest BCUT2D eigenvalue weighted by atomic mass is 32.2. The Kier molecular flexibility index (Phi) is 4.34. The minimum atomic E-state index is -3.83. The van der Waals surface area contributed by atoms with Gasteiger partial charge in [0.05, 0.1) is 10.6 Å². The van der Waals surface area contributed by atoms with Gasteiger partial charge in [-0.05, 0) is 31.5 Å². The summed E-state index contributed by atoms with van der Waals surface area (Å²) in [6.45, 7) is 2.99. The molecule has 1 aromatic heterocycles. The summed E-state index contributed by atoms with van der Waals surface area (Å²) in [5.41, 5.74) is 2.33. The molecular weight excluding hydrogens is 308 g/mol. The molecule has 0 aliphatic rings. The Morgan fingerprint density at radius 3 is 2.32 bits per heavy atom. The van der Waals surface area contributed by atoms with E-state index >= 15 is 0 Å². The summed E-state index contributed by atoms with van der Waals surface area (Å²) >= 11 is 0. The SMILES string of the molecule is Cc1noc(C)c1-c1ccc(S(=O)(=O)N(C)CC(=O)O)cc1. The number of nitrogens with zero attached hydrogens (tertiary/aromatic N) is 2. The van der Waals surface area contributed by atoms with E-state index in [4.69, 9.17) is 9.63 Å². The molecule has 0 saturated heterocycles. The molecule has 0 bridgehead atoms. The molecule has 0 fully saturated rings. The standard InChI is InChI=1S/C14H16N2O5S/c1-9-14(10(2)21-15-9)11-4-6-12(7-5-11)22(19,20)16(3)8-13(17)18/h4-7H,8H2,1-3H3,(H,17,18). The highest BCUT2D eigenvalue weighted by Crippen LogP contribution is 2.28. The molecule has 1 aromatic carbocycles. The fraction of sp³-hybridized carbons (Fsp3) is 0.286. The Hall–Kier alpha value is -2.19. The van der Waals surface area contributed by atoms with Crippen LogP contribution < -0.4 is 0 Å². The number of carbonyl (C=O) groups is 1. The van der Waals surface area contributed by atoms with E-state index in [-0.39, 0.29) is 4.90 Å². The van der Waals surface area contributed by atoms with Crippen molar-refractivity contribution in [2.75, 3.05) is 13.6 Å². The predicted molar refractivity (Wildman–Crippen MR) is 78.9 cm³/mol. The van der Waals surface area contributed by atoms with Crippen LogP contribution in [0.4, 0.5) is 0 Å². The Morgan fingerprint density at radius 1 is 1.27 bits per heavy atom. The van der Waals surface area contributed by atoms with Crippen LogP contribution in [0.1, 0.15) is 11.5 Å². The van der Waals surface area contributed by atoms with E-state index in [0.29, 0.717) is 5.76 Å². The Morgan fingerprint density at radius 2 is 1.86 bits per heavy atom. The summed E-state index contributed by atoms with van der Waals surface area (Å²) in [6.07, 6.45) is 0. The monoisotopic (exact) mass is 324 g/mol. The zero-order chi connectivity index (χ0) is 16.5. The number of hydrogen-bond acceptors (Lipinski definition) is 5. The maximum Gasteiger partial charge on any atom is 0.318 e. The van der Waals surface area contributed by atoms with Crippen LogP contribution in [0.3, 0.4) is 0 Å². The van der Waals surface area contributed by atoms with Crippen molar-refractivity contribution in [3.8, 4) is 11.1 Å². The number of aromatic nitrogens is 1. The molecule has 7 nitrogen and oxygen atoms in total. The van der Waals surface area contributed by atoms with E-state index in [9.17, 15) is 13.2 Å². The molecule has 118 valence electrons. The highest BCUT2D eigenvalue weighted by Gasteiger charge is 2.23. The summed E-state index contributed by atoms with van der Waals surface area (Å²) < 4.78 is 30.3. The number of carboxylic acids is 1. The first-order valence-electron chi connectivity index (χ1n) is 6.45. The molecule has 1 N–H and O–H groups in total. The van der Waals surface area contributed by atoms with Crippen molar-refractivity contribution in [2.24, 2.45) is 0 Å². The fourth-order valence-corrected chi connectivity index (χ4v) is 3.26. The third-order valence-corrected chi connectivity index (χ3v) is 5.06. The number of benzene rings is 1. The van der Waals surface area contributed by atoms with Gasteiger partial charge in [-0.3, -0.25) is 4.79 Å². The largest absolute Gasteiger partial charge is 0.480 e. The molecule has 0 unspecified atom stereocenters. The molecule has 0 spiro atoms. The Balaban J connectivity index is 2.35. The molecule has 0 atom stereocenters. The number of hydrogen-bond donors (Lipinski definition) is 1. The molecule has 0 saturated carbocycles. The molecule has 0 aliphatic carbocycles. The van der Waals surface area contributed by atoms with E-state index in [1.165, 1.54) is 19.2 Å². The smallest absolute Gasteiger partial charge is 0.318 e. The quantitative estimate of drug-likeness (QED) is 0.897. The van der Waals surface area contributed by atoms with E-state index in [2.05, 4.69) is 5.16 Å². The van der Waals surface area contributed by atoms with Crippen LogP contribution in [0.15, 0.2) is 33.7 Å². The van der Waals surface area contributed by atoms with Crippen molar-refractivity contribution in [1.82, 2.24) is 9.46 Å². The van der Waals surface area contributed by atoms with Gasteiger partial charge < -0.3 is 9.63 Å². The third kappa shape index (κ3) is 3.02. The summed E-state index contributed by atoms with van der Waals surface area (Å²) in [6, 6.07) is 6.17. The van der Waals surface area contributed by atoms with Crippen molar-refractivity contribution in [3.05, 3.63) is 35.7 Å². The molecule has 1 heterocycles. The first kappa shape index (κ1) is 16.2. The molecule has 2 aromatic rings. The molecular formula is C14H16N2O5S. The van der Waals surface area contributed by atoms with Gasteiger partial charge in [-0.1, -0.05) is 17.3 Å². The van der Waals surface area contributed by atoms with Gasteiger partial charge in [0.2, 0.25) is 10.0 Å². The van der Waals surface area contributed by atoms with Crippen molar-refractivity contribution >= 4 is 16.0 Å². The normalized spacial score (nSPS) is 11.8. The number of rotatable bonds is 5. The van der Waals surface area contributed by atoms with Crippen LogP contribution in [0.25, 0.3) is 11.1 Å². The van der Waals surface area contributed by atoms with Crippen molar-refractivity contribution in [1.29, 1.82) is 0 Å². The number of carboxylic acid groups (broad SMARTS) is 1. The van der Waals surface area contributed by atoms with Crippen LogP contribution in [0.5, 0.6) is 0 Å². The highest BCUT2D eigenvalue weighted by molar-refractivity contribution is 7.89.